The topological polar surface area (TPSA) is 90.0 Å². The van der Waals surface area contributed by atoms with Crippen LogP contribution in [0.25, 0.3) is 0 Å². The van der Waals surface area contributed by atoms with E-state index in [9.17, 15) is 18.3 Å². The van der Waals surface area contributed by atoms with E-state index < -0.39 is 15.9 Å². The van der Waals surface area contributed by atoms with Crippen LogP contribution in [-0.4, -0.2) is 72.9 Å². The first-order valence-corrected chi connectivity index (χ1v) is 11.8. The Morgan fingerprint density at radius 3 is 2.50 bits per heavy atom. The Morgan fingerprint density at radius 1 is 1.07 bits per heavy atom. The van der Waals surface area contributed by atoms with Gasteiger partial charge in [0.15, 0.2) is 9.84 Å². The quantitative estimate of drug-likeness (QED) is 0.798. The van der Waals surface area contributed by atoms with Crippen molar-refractivity contribution in [1.29, 1.82) is 0 Å². The number of anilines is 1. The van der Waals surface area contributed by atoms with Gasteiger partial charge in [-0.15, -0.1) is 0 Å². The van der Waals surface area contributed by atoms with E-state index in [-0.39, 0.29) is 22.2 Å². The van der Waals surface area contributed by atoms with E-state index in [1.165, 1.54) is 0 Å². The van der Waals surface area contributed by atoms with Crippen molar-refractivity contribution in [3.05, 3.63) is 24.3 Å². The van der Waals surface area contributed by atoms with Crippen LogP contribution in [0.5, 0.6) is 0 Å². The number of nitrogens with one attached hydrogen (secondary N) is 1. The largest absolute Gasteiger partial charge is 0.390 e. The van der Waals surface area contributed by atoms with Gasteiger partial charge in [0, 0.05) is 12.2 Å². The van der Waals surface area contributed by atoms with Crippen LogP contribution < -0.4 is 5.32 Å². The molecule has 1 aromatic rings. The molecular weight excluding hydrogens is 378 g/mol. The Hall–Kier alpha value is -1.64. The zero-order valence-corrected chi connectivity index (χ0v) is 16.9. The summed E-state index contributed by atoms with van der Waals surface area (Å²) >= 11 is 0. The summed E-state index contributed by atoms with van der Waals surface area (Å²) in [5.41, 5.74) is 0.475. The second-order valence-corrected chi connectivity index (χ2v) is 10.4. The first-order valence-electron chi connectivity index (χ1n) is 10.3. The normalized spacial score (nSPS) is 26.8. The van der Waals surface area contributed by atoms with Crippen molar-refractivity contribution in [3.8, 4) is 0 Å². The fourth-order valence-corrected chi connectivity index (χ4v) is 6.61. The highest BCUT2D eigenvalue weighted by Gasteiger charge is 2.38. The van der Waals surface area contributed by atoms with Gasteiger partial charge >= 0.3 is 6.03 Å². The molecule has 8 heteroatoms. The number of aliphatic hydroxyl groups excluding tert-OH is 1. The Balaban J connectivity index is 1.42. The minimum atomic E-state index is -3.36. The average molecular weight is 408 g/mol. The van der Waals surface area contributed by atoms with E-state index in [1.54, 1.807) is 29.2 Å². The smallest absolute Gasteiger partial charge is 0.321 e. The number of benzene rings is 1. The van der Waals surface area contributed by atoms with Crippen molar-refractivity contribution < 1.29 is 18.3 Å². The van der Waals surface area contributed by atoms with Crippen LogP contribution in [0.4, 0.5) is 10.5 Å². The third-order valence-electron chi connectivity index (χ3n) is 6.31. The monoisotopic (exact) mass is 407 g/mol. The summed E-state index contributed by atoms with van der Waals surface area (Å²) in [5, 5.41) is 12.9. The molecule has 2 aliphatic heterocycles. The minimum absolute atomic E-state index is 0.0117. The summed E-state index contributed by atoms with van der Waals surface area (Å²) in [7, 11) is -3.36. The molecule has 28 heavy (non-hydrogen) atoms. The SMILES string of the molecule is O=C(Nc1cccc(S(=O)(=O)C2CCCC2)c1)N1C[C@@H](O)[C@H](N2CCCC2)C1. The highest BCUT2D eigenvalue weighted by atomic mass is 32.2. The summed E-state index contributed by atoms with van der Waals surface area (Å²) < 4.78 is 25.6. The van der Waals surface area contributed by atoms with E-state index in [4.69, 9.17) is 0 Å². The number of β-amino-alcohol motifs (C(OH)–C–C–N with tert-alkyl or cyclic N) is 1. The summed E-state index contributed by atoms with van der Waals surface area (Å²) in [4.78, 5) is 16.8. The molecule has 4 rings (SSSR count). The second kappa shape index (κ2) is 8.00. The molecule has 0 unspecified atom stereocenters. The molecule has 0 spiro atoms. The first kappa shape index (κ1) is 19.7. The van der Waals surface area contributed by atoms with Gasteiger partial charge in [-0.2, -0.15) is 0 Å². The molecule has 2 heterocycles. The molecule has 154 valence electrons. The van der Waals surface area contributed by atoms with E-state index in [0.29, 0.717) is 31.6 Å². The van der Waals surface area contributed by atoms with Crippen molar-refractivity contribution in [3.63, 3.8) is 0 Å². The zero-order valence-electron chi connectivity index (χ0n) is 16.1. The van der Waals surface area contributed by atoms with Crippen molar-refractivity contribution in [2.24, 2.45) is 0 Å². The second-order valence-electron chi connectivity index (χ2n) is 8.19. The molecule has 0 radical (unpaired) electrons. The number of urea groups is 1. The number of sulfone groups is 1. The maximum atomic E-state index is 12.8. The van der Waals surface area contributed by atoms with Crippen molar-refractivity contribution in [1.82, 2.24) is 9.80 Å². The highest BCUT2D eigenvalue weighted by Crippen LogP contribution is 2.30. The molecule has 7 nitrogen and oxygen atoms in total. The van der Waals surface area contributed by atoms with Gasteiger partial charge in [-0.3, -0.25) is 4.90 Å². The van der Waals surface area contributed by atoms with Gasteiger partial charge in [0.25, 0.3) is 0 Å². The Morgan fingerprint density at radius 2 is 1.79 bits per heavy atom. The number of nitrogens with zero attached hydrogens (tertiary/aromatic N) is 2. The molecule has 1 saturated carbocycles. The van der Waals surface area contributed by atoms with Gasteiger partial charge in [-0.05, 0) is 57.0 Å². The fraction of sp³-hybridized carbons (Fsp3) is 0.650. The number of hydrogen-bond donors (Lipinski definition) is 2. The Bertz CT molecular complexity index is 816. The molecule has 1 aromatic carbocycles. The number of carbonyl (C=O) groups excluding carboxylic acids is 1. The lowest BCUT2D eigenvalue weighted by molar-refractivity contribution is 0.0980. The summed E-state index contributed by atoms with van der Waals surface area (Å²) in [5.74, 6) is 0. The van der Waals surface area contributed by atoms with Crippen LogP contribution >= 0.6 is 0 Å². The number of aliphatic hydroxyl groups is 1. The van der Waals surface area contributed by atoms with Crippen molar-refractivity contribution >= 4 is 21.6 Å². The van der Waals surface area contributed by atoms with Crippen LogP contribution in [0, 0.1) is 0 Å². The lowest BCUT2D eigenvalue weighted by Gasteiger charge is -2.25. The van der Waals surface area contributed by atoms with Crippen LogP contribution in [0.15, 0.2) is 29.2 Å². The molecule has 2 N–H and O–H groups in total. The number of amides is 2. The van der Waals surface area contributed by atoms with E-state index in [2.05, 4.69) is 10.2 Å². The van der Waals surface area contributed by atoms with Crippen molar-refractivity contribution in [2.75, 3.05) is 31.5 Å². The molecule has 2 amide bonds. The molecular formula is C20H29N3O4S. The van der Waals surface area contributed by atoms with Crippen LogP contribution in [0.2, 0.25) is 0 Å². The lowest BCUT2D eigenvalue weighted by atomic mass is 10.2. The predicted molar refractivity (Wildman–Crippen MR) is 107 cm³/mol. The minimum Gasteiger partial charge on any atom is -0.390 e. The summed E-state index contributed by atoms with van der Waals surface area (Å²) in [6.45, 7) is 2.73. The fourth-order valence-electron chi connectivity index (χ4n) is 4.71. The molecule has 0 bridgehead atoms. The third kappa shape index (κ3) is 3.90. The van der Waals surface area contributed by atoms with E-state index >= 15 is 0 Å². The third-order valence-corrected chi connectivity index (χ3v) is 8.57. The predicted octanol–water partition coefficient (Wildman–Crippen LogP) is 2.08. The first-order chi connectivity index (χ1) is 13.4. The Labute approximate surface area is 166 Å². The Kier molecular flexibility index (Phi) is 5.62. The van der Waals surface area contributed by atoms with Crippen LogP contribution in [0.1, 0.15) is 38.5 Å². The lowest BCUT2D eigenvalue weighted by Crippen LogP contribution is -2.41. The maximum Gasteiger partial charge on any atom is 0.321 e. The van der Waals surface area contributed by atoms with Gasteiger partial charge in [0.2, 0.25) is 0 Å². The van der Waals surface area contributed by atoms with Crippen LogP contribution in [-0.2, 0) is 9.84 Å². The van der Waals surface area contributed by atoms with Gasteiger partial charge in [-0.1, -0.05) is 18.9 Å². The van der Waals surface area contributed by atoms with Gasteiger partial charge in [0.05, 0.1) is 28.8 Å². The molecule has 1 aliphatic carbocycles. The number of hydrogen-bond acceptors (Lipinski definition) is 5. The van der Waals surface area contributed by atoms with Gasteiger partial charge < -0.3 is 15.3 Å². The molecule has 2 atom stereocenters. The molecule has 0 aromatic heterocycles. The van der Waals surface area contributed by atoms with Gasteiger partial charge in [0.1, 0.15) is 0 Å². The molecule has 2 saturated heterocycles. The van der Waals surface area contributed by atoms with Crippen molar-refractivity contribution in [2.45, 2.75) is 60.8 Å². The maximum absolute atomic E-state index is 12.8. The van der Waals surface area contributed by atoms with E-state index in [0.717, 1.165) is 38.8 Å². The molecule has 3 aliphatic rings. The summed E-state index contributed by atoms with van der Waals surface area (Å²) in [6.07, 6.45) is 5.06. The standard InChI is InChI=1S/C20H29N3O4S/c24-19-14-23(13-18(19)22-10-3-4-11-22)20(25)21-15-6-5-9-17(12-15)28(26,27)16-7-1-2-8-16/h5-6,9,12,16,18-19,24H,1-4,7-8,10-11,13-14H2,(H,21,25)/t18-,19-/m1/s1. The zero-order chi connectivity index (χ0) is 19.7. The van der Waals surface area contributed by atoms with E-state index in [1.807, 2.05) is 0 Å². The molecule has 3 fully saturated rings. The van der Waals surface area contributed by atoms with Gasteiger partial charge in [-0.25, -0.2) is 13.2 Å². The average Bonchev–Trinajstić information content (AvgIpc) is 3.43. The number of carbonyl (C=O) groups is 1. The number of rotatable bonds is 4. The number of likely N-dealkylation sites (tertiary alicyclic amines) is 2. The highest BCUT2D eigenvalue weighted by molar-refractivity contribution is 7.92. The van der Waals surface area contributed by atoms with Crippen LogP contribution in [0.3, 0.4) is 0 Å². The summed E-state index contributed by atoms with van der Waals surface area (Å²) in [6, 6.07) is 6.22.